The number of rotatable bonds is 6. The first-order valence-electron chi connectivity index (χ1n) is 10.1. The molecule has 0 radical (unpaired) electrons. The molecule has 154 valence electrons. The molecule has 0 aliphatic carbocycles. The molecule has 6 nitrogen and oxygen atoms in total. The van der Waals surface area contributed by atoms with Crippen molar-refractivity contribution in [2.24, 2.45) is 0 Å². The number of nitrogens with one attached hydrogen (secondary N) is 1. The Morgan fingerprint density at radius 2 is 1.41 bits per heavy atom. The zero-order chi connectivity index (χ0) is 20.8. The van der Waals surface area contributed by atoms with E-state index >= 15 is 0 Å². The zero-order valence-electron chi connectivity index (χ0n) is 17.5. The number of para-hydroxylation sites is 2. The number of carbonyl (C=O) groups is 2. The Bertz CT molecular complexity index is 825. The molecule has 1 aliphatic rings. The molecular weight excluding hydrogens is 364 g/mol. The van der Waals surface area contributed by atoms with Gasteiger partial charge in [-0.2, -0.15) is 0 Å². The number of likely N-dealkylation sites (N-methyl/N-ethyl adjacent to an activating group) is 1. The molecule has 1 fully saturated rings. The van der Waals surface area contributed by atoms with Crippen molar-refractivity contribution in [1.29, 1.82) is 0 Å². The van der Waals surface area contributed by atoms with Crippen LogP contribution >= 0.6 is 0 Å². The number of piperazine rings is 1. The van der Waals surface area contributed by atoms with Crippen LogP contribution < -0.4 is 10.2 Å². The highest BCUT2D eigenvalue weighted by molar-refractivity contribution is 5.94. The first-order chi connectivity index (χ1) is 13.9. The molecule has 29 heavy (non-hydrogen) atoms. The minimum absolute atomic E-state index is 0.00994. The second-order valence-electron chi connectivity index (χ2n) is 7.66. The quantitative estimate of drug-likeness (QED) is 0.818. The van der Waals surface area contributed by atoms with Crippen LogP contribution in [0.15, 0.2) is 48.5 Å². The van der Waals surface area contributed by atoms with Crippen molar-refractivity contribution in [3.05, 3.63) is 59.7 Å². The van der Waals surface area contributed by atoms with E-state index in [2.05, 4.69) is 15.1 Å². The van der Waals surface area contributed by atoms with Gasteiger partial charge in [0.1, 0.15) is 0 Å². The Hall–Kier alpha value is -2.70. The lowest BCUT2D eigenvalue weighted by Crippen LogP contribution is -2.51. The molecule has 3 rings (SSSR count). The van der Waals surface area contributed by atoms with Crippen molar-refractivity contribution in [2.75, 3.05) is 56.5 Å². The molecule has 1 N–H and O–H groups in total. The van der Waals surface area contributed by atoms with Gasteiger partial charge in [-0.25, -0.2) is 0 Å². The summed E-state index contributed by atoms with van der Waals surface area (Å²) in [5, 5.41) is 3.05. The number of carbonyl (C=O) groups excluding carboxylic acids is 2. The molecule has 2 aromatic rings. The van der Waals surface area contributed by atoms with Gasteiger partial charge in [0.05, 0.1) is 13.1 Å². The van der Waals surface area contributed by atoms with Gasteiger partial charge >= 0.3 is 0 Å². The van der Waals surface area contributed by atoms with E-state index in [0.29, 0.717) is 13.1 Å². The number of anilines is 2. The number of hydrogen-bond donors (Lipinski definition) is 1. The molecule has 1 saturated heterocycles. The Kier molecular flexibility index (Phi) is 7.01. The molecule has 0 aromatic heterocycles. The molecule has 2 amide bonds. The predicted molar refractivity (Wildman–Crippen MR) is 117 cm³/mol. The van der Waals surface area contributed by atoms with Crippen LogP contribution in [0, 0.1) is 13.8 Å². The fourth-order valence-corrected chi connectivity index (χ4v) is 3.59. The van der Waals surface area contributed by atoms with Crippen molar-refractivity contribution >= 4 is 23.2 Å². The largest absolute Gasteiger partial charge is 0.324 e. The molecule has 1 aliphatic heterocycles. The van der Waals surface area contributed by atoms with Gasteiger partial charge in [0.2, 0.25) is 11.8 Å². The predicted octanol–water partition coefficient (Wildman–Crippen LogP) is 2.52. The molecular formula is C23H30N4O2. The SMILES string of the molecule is Cc1cccc(C)c1NC(=O)CN1CCN(CC(=O)N(C)c2ccccc2)CC1. The minimum atomic E-state index is 0.00994. The van der Waals surface area contributed by atoms with E-state index < -0.39 is 0 Å². The number of aryl methyl sites for hydroxylation is 2. The average molecular weight is 395 g/mol. The highest BCUT2D eigenvalue weighted by Gasteiger charge is 2.22. The van der Waals surface area contributed by atoms with Crippen molar-refractivity contribution in [1.82, 2.24) is 9.80 Å². The highest BCUT2D eigenvalue weighted by atomic mass is 16.2. The van der Waals surface area contributed by atoms with E-state index in [1.165, 1.54) is 0 Å². The van der Waals surface area contributed by atoms with Crippen LogP contribution in [0.4, 0.5) is 11.4 Å². The Balaban J connectivity index is 1.44. The van der Waals surface area contributed by atoms with Crippen LogP contribution in [-0.2, 0) is 9.59 Å². The van der Waals surface area contributed by atoms with Gasteiger partial charge in [-0.3, -0.25) is 19.4 Å². The summed E-state index contributed by atoms with van der Waals surface area (Å²) in [7, 11) is 1.81. The van der Waals surface area contributed by atoms with Crippen molar-refractivity contribution in [2.45, 2.75) is 13.8 Å². The van der Waals surface area contributed by atoms with Crippen molar-refractivity contribution in [3.8, 4) is 0 Å². The summed E-state index contributed by atoms with van der Waals surface area (Å²) < 4.78 is 0. The zero-order valence-corrected chi connectivity index (χ0v) is 17.5. The van der Waals surface area contributed by atoms with E-state index in [-0.39, 0.29) is 11.8 Å². The van der Waals surface area contributed by atoms with Crippen LogP contribution in [-0.4, -0.2) is 67.9 Å². The second-order valence-corrected chi connectivity index (χ2v) is 7.66. The highest BCUT2D eigenvalue weighted by Crippen LogP contribution is 2.19. The number of nitrogens with zero attached hydrogens (tertiary/aromatic N) is 3. The van der Waals surface area contributed by atoms with Gasteiger partial charge in [-0.05, 0) is 37.1 Å². The lowest BCUT2D eigenvalue weighted by molar-refractivity contribution is -0.121. The number of hydrogen-bond acceptors (Lipinski definition) is 4. The van der Waals surface area contributed by atoms with Gasteiger partial charge in [0.15, 0.2) is 0 Å². The normalized spacial score (nSPS) is 15.1. The van der Waals surface area contributed by atoms with Gasteiger partial charge < -0.3 is 10.2 Å². The summed E-state index contributed by atoms with van der Waals surface area (Å²) in [5.74, 6) is 0.0909. The van der Waals surface area contributed by atoms with E-state index in [4.69, 9.17) is 0 Å². The Morgan fingerprint density at radius 1 is 0.862 bits per heavy atom. The summed E-state index contributed by atoms with van der Waals surface area (Å²) in [6.45, 7) is 7.91. The summed E-state index contributed by atoms with van der Waals surface area (Å²) in [6.07, 6.45) is 0. The molecule has 0 atom stereocenters. The third-order valence-electron chi connectivity index (χ3n) is 5.45. The summed E-state index contributed by atoms with van der Waals surface area (Å²) in [5.41, 5.74) is 3.96. The van der Waals surface area contributed by atoms with Crippen LogP contribution in [0.5, 0.6) is 0 Å². The van der Waals surface area contributed by atoms with Gasteiger partial charge in [0, 0.05) is 44.6 Å². The maximum Gasteiger partial charge on any atom is 0.240 e. The molecule has 0 bridgehead atoms. The molecule has 0 unspecified atom stereocenters. The maximum absolute atomic E-state index is 12.5. The van der Waals surface area contributed by atoms with Crippen LogP contribution in [0.3, 0.4) is 0 Å². The van der Waals surface area contributed by atoms with Crippen LogP contribution in [0.1, 0.15) is 11.1 Å². The van der Waals surface area contributed by atoms with Crippen molar-refractivity contribution < 1.29 is 9.59 Å². The lowest BCUT2D eigenvalue weighted by Gasteiger charge is -2.34. The first kappa shape index (κ1) is 21.0. The molecule has 0 saturated carbocycles. The number of amides is 2. The fraction of sp³-hybridized carbons (Fsp3) is 0.391. The molecule has 1 heterocycles. The monoisotopic (exact) mass is 394 g/mol. The van der Waals surface area contributed by atoms with Gasteiger partial charge in [0.25, 0.3) is 0 Å². The van der Waals surface area contributed by atoms with Crippen LogP contribution in [0.25, 0.3) is 0 Å². The van der Waals surface area contributed by atoms with Crippen LogP contribution in [0.2, 0.25) is 0 Å². The first-order valence-corrected chi connectivity index (χ1v) is 10.1. The van der Waals surface area contributed by atoms with E-state index in [0.717, 1.165) is 48.7 Å². The Labute approximate surface area is 173 Å². The van der Waals surface area contributed by atoms with Gasteiger partial charge in [-0.15, -0.1) is 0 Å². The summed E-state index contributed by atoms with van der Waals surface area (Å²) in [6, 6.07) is 15.7. The van der Waals surface area contributed by atoms with E-state index in [1.54, 1.807) is 4.90 Å². The fourth-order valence-electron chi connectivity index (χ4n) is 3.59. The van der Waals surface area contributed by atoms with Gasteiger partial charge in [-0.1, -0.05) is 36.4 Å². The molecule has 2 aromatic carbocycles. The Morgan fingerprint density at radius 3 is 2.00 bits per heavy atom. The minimum Gasteiger partial charge on any atom is -0.324 e. The summed E-state index contributed by atoms with van der Waals surface area (Å²) in [4.78, 5) is 31.0. The number of benzene rings is 2. The third kappa shape index (κ3) is 5.65. The average Bonchev–Trinajstić information content (AvgIpc) is 2.72. The maximum atomic E-state index is 12.5. The van der Waals surface area contributed by atoms with E-state index in [9.17, 15) is 9.59 Å². The smallest absolute Gasteiger partial charge is 0.240 e. The third-order valence-corrected chi connectivity index (χ3v) is 5.45. The standard InChI is InChI=1S/C23H30N4O2/c1-18-8-7-9-19(2)23(18)24-21(28)16-26-12-14-27(15-13-26)17-22(29)25(3)20-10-5-4-6-11-20/h4-11H,12-17H2,1-3H3,(H,24,28). The van der Waals surface area contributed by atoms with Crippen molar-refractivity contribution in [3.63, 3.8) is 0 Å². The summed E-state index contributed by atoms with van der Waals surface area (Å²) >= 11 is 0. The second kappa shape index (κ2) is 9.67. The molecule has 6 heteroatoms. The topological polar surface area (TPSA) is 55.9 Å². The molecule has 0 spiro atoms. The van der Waals surface area contributed by atoms with E-state index in [1.807, 2.05) is 69.4 Å². The lowest BCUT2D eigenvalue weighted by atomic mass is 10.1.